The van der Waals surface area contributed by atoms with E-state index < -0.39 is 46.5 Å². The Morgan fingerprint density at radius 3 is 2.25 bits per heavy atom. The number of carbonyl (C=O) groups excluding carboxylic acids is 3. The molecule has 2 rings (SSSR count). The molecule has 0 heterocycles. The quantitative estimate of drug-likeness (QED) is 0.384. The highest BCUT2D eigenvalue weighted by Gasteiger charge is 2.18. The molecule has 0 saturated heterocycles. The van der Waals surface area contributed by atoms with Crippen molar-refractivity contribution in [2.45, 2.75) is 31.1 Å². The molecule has 10 heteroatoms. The SMILES string of the molecule is CCCCOC(=O)c1ccc(NC(=O)COC(=O)CCS(=O)(=O)c2ccc(Cl)cc2)cc1. The summed E-state index contributed by atoms with van der Waals surface area (Å²) >= 11 is 5.74. The van der Waals surface area contributed by atoms with Gasteiger partial charge in [0, 0.05) is 10.7 Å². The van der Waals surface area contributed by atoms with Crippen molar-refractivity contribution < 1.29 is 32.3 Å². The molecular formula is C22H24ClNO7S. The molecule has 1 N–H and O–H groups in total. The van der Waals surface area contributed by atoms with Gasteiger partial charge in [0.2, 0.25) is 0 Å². The third-order valence-electron chi connectivity index (χ3n) is 4.25. The van der Waals surface area contributed by atoms with Crippen LogP contribution in [0.15, 0.2) is 53.4 Å². The molecule has 8 nitrogen and oxygen atoms in total. The van der Waals surface area contributed by atoms with Crippen LogP contribution in [0.1, 0.15) is 36.5 Å². The molecule has 0 radical (unpaired) electrons. The van der Waals surface area contributed by atoms with E-state index >= 15 is 0 Å². The summed E-state index contributed by atoms with van der Waals surface area (Å²) in [7, 11) is -3.68. The first kappa shape index (κ1) is 25.4. The highest BCUT2D eigenvalue weighted by atomic mass is 35.5. The maximum absolute atomic E-state index is 12.2. The number of hydrogen-bond acceptors (Lipinski definition) is 7. The van der Waals surface area contributed by atoms with Gasteiger partial charge in [0.25, 0.3) is 5.91 Å². The van der Waals surface area contributed by atoms with E-state index in [2.05, 4.69) is 5.32 Å². The number of amides is 1. The van der Waals surface area contributed by atoms with Crippen LogP contribution in [0.25, 0.3) is 0 Å². The molecule has 2 aromatic carbocycles. The Labute approximate surface area is 191 Å². The van der Waals surface area contributed by atoms with E-state index in [4.69, 9.17) is 21.1 Å². The lowest BCUT2D eigenvalue weighted by Gasteiger charge is -2.08. The van der Waals surface area contributed by atoms with Crippen molar-refractivity contribution in [1.82, 2.24) is 0 Å². The average molecular weight is 482 g/mol. The summed E-state index contributed by atoms with van der Waals surface area (Å²) in [6.07, 6.45) is 1.31. The van der Waals surface area contributed by atoms with Crippen molar-refractivity contribution in [3.8, 4) is 0 Å². The van der Waals surface area contributed by atoms with Crippen LogP contribution in [-0.2, 0) is 28.9 Å². The summed E-state index contributed by atoms with van der Waals surface area (Å²) < 4.78 is 34.4. The molecule has 32 heavy (non-hydrogen) atoms. The molecule has 2 aromatic rings. The summed E-state index contributed by atoms with van der Waals surface area (Å²) in [6, 6.07) is 11.7. The minimum atomic E-state index is -3.68. The van der Waals surface area contributed by atoms with Crippen LogP contribution >= 0.6 is 11.6 Å². The minimum absolute atomic E-state index is 0.0464. The van der Waals surface area contributed by atoms with E-state index in [1.807, 2.05) is 6.92 Å². The largest absolute Gasteiger partial charge is 0.462 e. The maximum Gasteiger partial charge on any atom is 0.338 e. The zero-order valence-electron chi connectivity index (χ0n) is 17.5. The lowest BCUT2D eigenvalue weighted by Crippen LogP contribution is -2.22. The summed E-state index contributed by atoms with van der Waals surface area (Å²) in [5, 5.41) is 2.92. The molecule has 172 valence electrons. The van der Waals surface area contributed by atoms with Crippen molar-refractivity contribution in [2.24, 2.45) is 0 Å². The van der Waals surface area contributed by atoms with Crippen molar-refractivity contribution in [3.05, 3.63) is 59.1 Å². The Balaban J connectivity index is 1.75. The third kappa shape index (κ3) is 8.32. The smallest absolute Gasteiger partial charge is 0.338 e. The summed E-state index contributed by atoms with van der Waals surface area (Å²) in [6.45, 7) is 1.77. The zero-order valence-corrected chi connectivity index (χ0v) is 19.1. The molecule has 0 aliphatic heterocycles. The minimum Gasteiger partial charge on any atom is -0.462 e. The number of ether oxygens (including phenoxy) is 2. The van der Waals surface area contributed by atoms with Crippen molar-refractivity contribution in [1.29, 1.82) is 0 Å². The Kier molecular flexibility index (Phi) is 9.67. The molecule has 0 fully saturated rings. The molecule has 0 aromatic heterocycles. The molecule has 0 spiro atoms. The van der Waals surface area contributed by atoms with Gasteiger partial charge >= 0.3 is 11.9 Å². The van der Waals surface area contributed by atoms with Gasteiger partial charge in [-0.3, -0.25) is 9.59 Å². The predicted octanol–water partition coefficient (Wildman–Crippen LogP) is 3.64. The normalized spacial score (nSPS) is 10.9. The number of unbranched alkanes of at least 4 members (excludes halogenated alkanes) is 1. The second kappa shape index (κ2) is 12.2. The topological polar surface area (TPSA) is 116 Å². The van der Waals surface area contributed by atoms with E-state index in [-0.39, 0.29) is 4.90 Å². The fraction of sp³-hybridized carbons (Fsp3) is 0.318. The monoisotopic (exact) mass is 481 g/mol. The van der Waals surface area contributed by atoms with Crippen molar-refractivity contribution in [2.75, 3.05) is 24.3 Å². The van der Waals surface area contributed by atoms with Crippen LogP contribution in [0.5, 0.6) is 0 Å². The predicted molar refractivity (Wildman–Crippen MR) is 119 cm³/mol. The molecule has 0 bridgehead atoms. The van der Waals surface area contributed by atoms with Gasteiger partial charge in [-0.2, -0.15) is 0 Å². The number of hydrogen-bond donors (Lipinski definition) is 1. The second-order valence-corrected chi connectivity index (χ2v) is 9.34. The highest BCUT2D eigenvalue weighted by Crippen LogP contribution is 2.16. The summed E-state index contributed by atoms with van der Waals surface area (Å²) in [4.78, 5) is 35.7. The Morgan fingerprint density at radius 2 is 1.62 bits per heavy atom. The molecule has 0 saturated carbocycles. The van der Waals surface area contributed by atoms with Gasteiger partial charge in [-0.1, -0.05) is 24.9 Å². The zero-order chi connectivity index (χ0) is 23.6. The highest BCUT2D eigenvalue weighted by molar-refractivity contribution is 7.91. The van der Waals surface area contributed by atoms with Crippen LogP contribution in [0.2, 0.25) is 5.02 Å². The first-order chi connectivity index (χ1) is 15.2. The van der Waals surface area contributed by atoms with Gasteiger partial charge < -0.3 is 14.8 Å². The Morgan fingerprint density at radius 1 is 0.969 bits per heavy atom. The lowest BCUT2D eigenvalue weighted by atomic mass is 10.2. The first-order valence-electron chi connectivity index (χ1n) is 9.92. The van der Waals surface area contributed by atoms with Gasteiger partial charge in [0.15, 0.2) is 16.4 Å². The van der Waals surface area contributed by atoms with Gasteiger partial charge in [0.1, 0.15) is 0 Å². The molecule has 1 amide bonds. The Bertz CT molecular complexity index is 1030. The van der Waals surface area contributed by atoms with E-state index in [1.54, 1.807) is 0 Å². The molecule has 0 unspecified atom stereocenters. The number of benzene rings is 2. The van der Waals surface area contributed by atoms with Crippen molar-refractivity contribution >= 4 is 45.0 Å². The number of sulfone groups is 1. The standard InChI is InChI=1S/C22H24ClNO7S/c1-2-3-13-30-22(27)16-4-8-18(9-5-16)24-20(25)15-31-21(26)12-14-32(28,29)19-10-6-17(23)7-11-19/h4-11H,2-3,12-15H2,1H3,(H,24,25). The van der Waals surface area contributed by atoms with E-state index in [1.165, 1.54) is 48.5 Å². The van der Waals surface area contributed by atoms with Crippen LogP contribution in [-0.4, -0.2) is 45.2 Å². The number of esters is 2. The summed E-state index contributed by atoms with van der Waals surface area (Å²) in [5.74, 6) is -2.32. The summed E-state index contributed by atoms with van der Waals surface area (Å²) in [5.41, 5.74) is 0.758. The van der Waals surface area contributed by atoms with Crippen LogP contribution < -0.4 is 5.32 Å². The van der Waals surface area contributed by atoms with Crippen LogP contribution in [0.4, 0.5) is 5.69 Å². The maximum atomic E-state index is 12.2. The van der Waals surface area contributed by atoms with Crippen molar-refractivity contribution in [3.63, 3.8) is 0 Å². The third-order valence-corrected chi connectivity index (χ3v) is 6.23. The number of anilines is 1. The van der Waals surface area contributed by atoms with Gasteiger partial charge in [-0.15, -0.1) is 0 Å². The van der Waals surface area contributed by atoms with E-state index in [0.29, 0.717) is 22.9 Å². The number of carbonyl (C=O) groups is 3. The Hall–Kier alpha value is -2.91. The van der Waals surface area contributed by atoms with Gasteiger partial charge in [-0.25, -0.2) is 13.2 Å². The van der Waals surface area contributed by atoms with Crippen LogP contribution in [0, 0.1) is 0 Å². The number of nitrogens with one attached hydrogen (secondary N) is 1. The first-order valence-corrected chi connectivity index (χ1v) is 12.0. The van der Waals surface area contributed by atoms with Gasteiger partial charge in [-0.05, 0) is 55.0 Å². The fourth-order valence-corrected chi connectivity index (χ4v) is 3.82. The average Bonchev–Trinajstić information content (AvgIpc) is 2.77. The number of halogens is 1. The lowest BCUT2D eigenvalue weighted by molar-refractivity contribution is -0.146. The molecular weight excluding hydrogens is 458 g/mol. The molecule has 0 atom stereocenters. The van der Waals surface area contributed by atoms with Gasteiger partial charge in [0.05, 0.1) is 29.2 Å². The van der Waals surface area contributed by atoms with Crippen LogP contribution in [0.3, 0.4) is 0 Å². The second-order valence-electron chi connectivity index (χ2n) is 6.80. The van der Waals surface area contributed by atoms with E-state index in [0.717, 1.165) is 12.8 Å². The fourth-order valence-electron chi connectivity index (χ4n) is 2.47. The number of rotatable bonds is 11. The molecule has 0 aliphatic rings. The molecule has 0 aliphatic carbocycles. The van der Waals surface area contributed by atoms with E-state index in [9.17, 15) is 22.8 Å².